The molecule has 10 rings (SSSR count). The minimum absolute atomic E-state index is 0.0112. The van der Waals surface area contributed by atoms with Gasteiger partial charge in [0.25, 0.3) is 0 Å². The zero-order valence-electron chi connectivity index (χ0n) is 51.1. The number of ether oxygens (including phenoxy) is 4. The molecule has 0 bridgehead atoms. The number of benzene rings is 2. The van der Waals surface area contributed by atoms with E-state index in [0.717, 1.165) is 42.2 Å². The van der Waals surface area contributed by atoms with Crippen LogP contribution in [0.4, 0.5) is 31.1 Å². The number of likely N-dealkylation sites (tertiary alicyclic amines) is 1. The number of nitrogens with zero attached hydrogens (tertiary/aromatic N) is 8. The number of amidine groups is 2. The summed E-state index contributed by atoms with van der Waals surface area (Å²) in [5.74, 6) is 0.00128. The maximum atomic E-state index is 15.7. The van der Waals surface area contributed by atoms with E-state index in [4.69, 9.17) is 42.5 Å². The van der Waals surface area contributed by atoms with Crippen molar-refractivity contribution in [1.29, 1.82) is 0 Å². The number of fused-ring (bicyclic) bond motifs is 2. The number of alkyl halides is 2. The molecule has 90 heavy (non-hydrogen) atoms. The Labute approximate surface area is 528 Å². The normalized spacial score (nSPS) is 25.8. The molecular formula is C63H72F6N10O8S2Si. The molecule has 4 aliphatic heterocycles. The van der Waals surface area contributed by atoms with Crippen molar-refractivity contribution in [1.82, 2.24) is 35.1 Å². The number of rotatable bonds is 17. The van der Waals surface area contributed by atoms with Crippen LogP contribution in [0.2, 0.25) is 25.7 Å². The fourth-order valence-electron chi connectivity index (χ4n) is 10.7. The molecular weight excluding hydrogens is 1230 g/mol. The van der Waals surface area contributed by atoms with Gasteiger partial charge in [0, 0.05) is 50.7 Å². The van der Waals surface area contributed by atoms with Crippen LogP contribution in [0.1, 0.15) is 93.9 Å². The number of aliphatic imine (C=N–C) groups is 2. The standard InChI is InChI=1S/C33H40F2N4O6SSi.C26H24F3N5O2S.C4H8FN/c1-9-12-44-27-19-36-25(18-37-27)24(35)16-21-10-11-23(34)22(15-21)32(5)26-17-33(26,28(40)41)46-29(38-32)39(30(42)45-31(2,3)4)20-43-13-14-47(6,7)8;1-3-8-36-22-13-31-20(12-32-22)19(29)10-15-4-5-18(28)17(9-15)25(2)21-11-26(21,37-24(30)33-25)23(35)34-7-6-16(27)14-34;5-4-1-2-6-3-4/h1,10-11,15-16,18-19,26H,12-14,17,20H2,2-8H3,(H,40,41);1,4-5,9-10,12-13,16,21H,6-8,11,14H2,2H3,(H2,30,33);4,6H,1-3H2/b24-16-;19-10-;/t26-,32+,33-;16-,21-,25+,26-;4-/m000/s1. The van der Waals surface area contributed by atoms with Crippen LogP contribution in [0.5, 0.6) is 11.8 Å². The molecule has 0 radical (unpaired) electrons. The molecule has 18 nitrogen and oxygen atoms in total. The van der Waals surface area contributed by atoms with Crippen LogP contribution in [0, 0.1) is 48.2 Å². The van der Waals surface area contributed by atoms with Gasteiger partial charge in [-0.3, -0.25) is 19.6 Å². The van der Waals surface area contributed by atoms with E-state index in [2.05, 4.69) is 61.7 Å². The second kappa shape index (κ2) is 28.0. The Morgan fingerprint density at radius 1 is 0.822 bits per heavy atom. The minimum atomic E-state index is -1.45. The predicted octanol–water partition coefficient (Wildman–Crippen LogP) is 10.8. The summed E-state index contributed by atoms with van der Waals surface area (Å²) < 4.78 is 106. The Kier molecular flexibility index (Phi) is 21.3. The van der Waals surface area contributed by atoms with Crippen molar-refractivity contribution in [3.8, 4) is 36.4 Å². The molecule has 4 N–H and O–H groups in total. The van der Waals surface area contributed by atoms with Crippen molar-refractivity contribution in [2.24, 2.45) is 27.6 Å². The lowest BCUT2D eigenvalue weighted by Gasteiger charge is -2.37. The van der Waals surface area contributed by atoms with Gasteiger partial charge in [0.1, 0.15) is 57.2 Å². The molecule has 2 aromatic carbocycles. The van der Waals surface area contributed by atoms with E-state index in [1.54, 1.807) is 34.6 Å². The third-order valence-corrected chi connectivity index (χ3v) is 20.1. The van der Waals surface area contributed by atoms with Crippen molar-refractivity contribution in [3.63, 3.8) is 0 Å². The van der Waals surface area contributed by atoms with Gasteiger partial charge < -0.3 is 40.0 Å². The Morgan fingerprint density at radius 3 is 1.81 bits per heavy atom. The molecule has 480 valence electrons. The van der Waals surface area contributed by atoms with Crippen LogP contribution in [0.25, 0.3) is 23.8 Å². The first-order valence-electron chi connectivity index (χ1n) is 29.0. The lowest BCUT2D eigenvalue weighted by Crippen LogP contribution is -2.47. The van der Waals surface area contributed by atoms with Crippen LogP contribution in [0.15, 0.2) is 71.2 Å². The molecule has 2 saturated carbocycles. The minimum Gasteiger partial charge on any atom is -0.480 e. The Hall–Kier alpha value is -7.43. The van der Waals surface area contributed by atoms with Crippen LogP contribution in [-0.4, -0.2) is 151 Å². The van der Waals surface area contributed by atoms with E-state index >= 15 is 13.2 Å². The highest BCUT2D eigenvalue weighted by atomic mass is 32.2. The molecule has 4 fully saturated rings. The Balaban J connectivity index is 0.000000216. The number of aromatic nitrogens is 4. The topological polar surface area (TPSA) is 229 Å². The number of carbonyl (C=O) groups excluding carboxylic acids is 2. The summed E-state index contributed by atoms with van der Waals surface area (Å²) in [6.07, 6.45) is 16.8. The number of thioether (sulfide) groups is 2. The van der Waals surface area contributed by atoms with Gasteiger partial charge in [-0.05, 0) is 120 Å². The number of nitrogens with one attached hydrogen (secondary N) is 1. The van der Waals surface area contributed by atoms with Gasteiger partial charge in [0.2, 0.25) is 17.7 Å². The first kappa shape index (κ1) is 68.5. The number of terminal acetylenes is 2. The van der Waals surface area contributed by atoms with Crippen molar-refractivity contribution in [2.45, 2.75) is 125 Å². The summed E-state index contributed by atoms with van der Waals surface area (Å²) in [4.78, 5) is 67.6. The smallest absolute Gasteiger partial charge is 0.418 e. The molecule has 0 spiro atoms. The largest absolute Gasteiger partial charge is 0.480 e. The number of nitrogens with two attached hydrogens (primary N) is 1. The van der Waals surface area contributed by atoms with Gasteiger partial charge in [-0.15, -0.1) is 12.8 Å². The summed E-state index contributed by atoms with van der Waals surface area (Å²) in [6, 6.07) is 8.99. The van der Waals surface area contributed by atoms with E-state index in [0.29, 0.717) is 44.5 Å². The average molecular weight is 1300 g/mol. The molecule has 2 aromatic heterocycles. The van der Waals surface area contributed by atoms with E-state index in [1.165, 1.54) is 77.1 Å². The van der Waals surface area contributed by atoms with Crippen LogP contribution in [0.3, 0.4) is 0 Å². The molecule has 6 heterocycles. The number of carbonyl (C=O) groups is 3. The summed E-state index contributed by atoms with van der Waals surface area (Å²) in [6.45, 7) is 17.1. The van der Waals surface area contributed by atoms with E-state index in [-0.39, 0.29) is 94.9 Å². The zero-order chi connectivity index (χ0) is 65.6. The van der Waals surface area contributed by atoms with Crippen molar-refractivity contribution in [2.75, 3.05) is 52.7 Å². The number of halogens is 6. The highest BCUT2D eigenvalue weighted by molar-refractivity contribution is 8.16. The van der Waals surface area contributed by atoms with Gasteiger partial charge in [0.15, 0.2) is 35.2 Å². The molecule has 0 unspecified atom stereocenters. The predicted molar refractivity (Wildman–Crippen MR) is 337 cm³/mol. The second-order valence-corrected chi connectivity index (χ2v) is 33.1. The van der Waals surface area contributed by atoms with Crippen LogP contribution in [-0.2, 0) is 30.1 Å². The summed E-state index contributed by atoms with van der Waals surface area (Å²) in [5.41, 5.74) is 3.48. The summed E-state index contributed by atoms with van der Waals surface area (Å²) >= 11 is 2.10. The van der Waals surface area contributed by atoms with E-state index < -0.39 is 87.9 Å². The van der Waals surface area contributed by atoms with Gasteiger partial charge in [0.05, 0.1) is 42.4 Å². The van der Waals surface area contributed by atoms with Crippen molar-refractivity contribution < 1.29 is 64.8 Å². The maximum Gasteiger partial charge on any atom is 0.418 e. The molecule has 2 aliphatic carbocycles. The molecule has 6 aliphatic rings. The second-order valence-electron chi connectivity index (χ2n) is 24.9. The fourth-order valence-corrected chi connectivity index (χ4v) is 14.4. The number of hydrogen-bond donors (Lipinski definition) is 3. The quantitative estimate of drug-likeness (QED) is 0.0293. The van der Waals surface area contributed by atoms with Gasteiger partial charge >= 0.3 is 12.1 Å². The summed E-state index contributed by atoms with van der Waals surface area (Å²) in [5, 5.41) is 13.5. The maximum absolute atomic E-state index is 15.7. The lowest BCUT2D eigenvalue weighted by atomic mass is 9.84. The third kappa shape index (κ3) is 16.2. The fraction of sp³-hybridized carbons (Fsp3) is 0.476. The third-order valence-electron chi connectivity index (χ3n) is 15.6. The zero-order valence-corrected chi connectivity index (χ0v) is 53.8. The van der Waals surface area contributed by atoms with Gasteiger partial charge in [-0.1, -0.05) is 67.1 Å². The molecule has 27 heteroatoms. The molecule has 8 atom stereocenters. The van der Waals surface area contributed by atoms with Crippen molar-refractivity contribution >= 4 is 83.7 Å². The summed E-state index contributed by atoms with van der Waals surface area (Å²) in [7, 11) is -1.45. The van der Waals surface area contributed by atoms with Crippen LogP contribution >= 0.6 is 23.5 Å². The molecule has 2 amide bonds. The Morgan fingerprint density at radius 2 is 1.37 bits per heavy atom. The monoisotopic (exact) mass is 1300 g/mol. The molecule has 2 saturated heterocycles. The highest BCUT2D eigenvalue weighted by Crippen LogP contribution is 2.68. The first-order valence-corrected chi connectivity index (χ1v) is 34.3. The van der Waals surface area contributed by atoms with Gasteiger partial charge in [-0.2, -0.15) is 0 Å². The highest BCUT2D eigenvalue weighted by Gasteiger charge is 2.73. The number of aliphatic carboxylic acids is 1. The first-order chi connectivity index (χ1) is 42.4. The van der Waals surface area contributed by atoms with Crippen LogP contribution < -0.4 is 20.5 Å². The lowest BCUT2D eigenvalue weighted by molar-refractivity contribution is -0.137. The van der Waals surface area contributed by atoms with Crippen molar-refractivity contribution in [3.05, 3.63) is 106 Å². The number of carboxylic acids is 1. The van der Waals surface area contributed by atoms with Gasteiger partial charge in [-0.25, -0.2) is 56.0 Å². The van der Waals surface area contributed by atoms with E-state index in [9.17, 15) is 32.7 Å². The number of amides is 2. The average Bonchev–Trinajstić information content (AvgIpc) is 1.53. The molecule has 4 aromatic rings. The SMILES string of the molecule is C#CCOc1cnc(/C(F)=C/c2ccc(F)c([C@@]3(C)N=C(N(COCC[Si](C)(C)C)C(=O)OC(C)(C)C)S[C@@]4(C(=O)O)C[C@H]43)c2)cn1.C#CCOc1cnc(/C(F)=C/c2ccc(F)c([C@@]3(C)N=C(N)S[C@@]4(C(=O)N5CC[C@H](F)C5)C[C@H]43)c2)cn1.F[C@H]1CCNC1. The van der Waals surface area contributed by atoms with E-state index in [1.807, 2.05) is 0 Å². The Bertz CT molecular complexity index is 3540. The number of carboxylic acid groups (broad SMARTS) is 1. The number of hydrogen-bond acceptors (Lipinski definition) is 17.